The Hall–Kier alpha value is -1.88. The van der Waals surface area contributed by atoms with Crippen LogP contribution in [0.2, 0.25) is 0 Å². The Morgan fingerprint density at radius 3 is 2.46 bits per heavy atom. The number of piperidine rings is 1. The number of quaternary nitrogens is 1. The van der Waals surface area contributed by atoms with Crippen molar-refractivity contribution in [3.63, 3.8) is 0 Å². The van der Waals surface area contributed by atoms with Gasteiger partial charge >= 0.3 is 0 Å². The number of hydrogen-bond acceptors (Lipinski definition) is 2. The average molecular weight is 332 g/mol. The molecule has 1 heterocycles. The smallest absolute Gasteiger partial charge is 0.275 e. The van der Waals surface area contributed by atoms with E-state index < -0.39 is 0 Å². The molecule has 3 atom stereocenters. The third kappa shape index (κ3) is 5.34. The molecule has 1 aliphatic rings. The molecule has 132 valence electrons. The first-order valence-electron chi connectivity index (χ1n) is 8.81. The fourth-order valence-electron chi connectivity index (χ4n) is 3.62. The lowest BCUT2D eigenvalue weighted by molar-refractivity contribution is -0.904. The number of likely N-dealkylation sites (tertiary alicyclic amines) is 1. The minimum atomic E-state index is -0.188. The van der Waals surface area contributed by atoms with Gasteiger partial charge in [-0.25, -0.2) is 0 Å². The molecule has 1 fully saturated rings. The van der Waals surface area contributed by atoms with E-state index in [9.17, 15) is 9.59 Å². The summed E-state index contributed by atoms with van der Waals surface area (Å²) in [5.74, 6) is 1.07. The number of rotatable bonds is 5. The van der Waals surface area contributed by atoms with Gasteiger partial charge in [-0.05, 0) is 37.5 Å². The van der Waals surface area contributed by atoms with Gasteiger partial charge < -0.3 is 15.5 Å². The number of anilines is 1. The molecule has 0 aliphatic carbocycles. The molecule has 3 N–H and O–H groups in total. The summed E-state index contributed by atoms with van der Waals surface area (Å²) in [6, 6.07) is 5.80. The van der Waals surface area contributed by atoms with E-state index in [1.54, 1.807) is 0 Å². The van der Waals surface area contributed by atoms with E-state index >= 15 is 0 Å². The molecule has 1 unspecified atom stereocenters. The normalized spacial score (nSPS) is 23.6. The van der Waals surface area contributed by atoms with E-state index in [0.29, 0.717) is 18.4 Å². The highest BCUT2D eigenvalue weighted by molar-refractivity contribution is 5.95. The molecular formula is C19H30N3O2+. The van der Waals surface area contributed by atoms with Crippen molar-refractivity contribution in [1.29, 1.82) is 0 Å². The zero-order chi connectivity index (χ0) is 17.7. The van der Waals surface area contributed by atoms with Gasteiger partial charge in [-0.2, -0.15) is 0 Å². The second kappa shape index (κ2) is 8.29. The topological polar surface area (TPSA) is 62.6 Å². The maximum atomic E-state index is 12.1. The maximum Gasteiger partial charge on any atom is 0.275 e. The third-order valence-electron chi connectivity index (χ3n) is 4.81. The van der Waals surface area contributed by atoms with Crippen LogP contribution in [0, 0.1) is 25.7 Å². The van der Waals surface area contributed by atoms with Crippen LogP contribution in [-0.4, -0.2) is 38.0 Å². The van der Waals surface area contributed by atoms with Crippen LogP contribution in [0.1, 0.15) is 31.4 Å². The van der Waals surface area contributed by atoms with Gasteiger partial charge in [0.1, 0.15) is 0 Å². The Morgan fingerprint density at radius 2 is 1.79 bits per heavy atom. The number of carbonyl (C=O) groups excluding carboxylic acids is 2. The minimum Gasteiger partial charge on any atom is -0.342 e. The van der Waals surface area contributed by atoms with E-state index in [1.165, 1.54) is 11.3 Å². The second-order valence-corrected chi connectivity index (χ2v) is 7.35. The highest BCUT2D eigenvalue weighted by atomic mass is 16.2. The van der Waals surface area contributed by atoms with Crippen molar-refractivity contribution in [3.8, 4) is 0 Å². The SMILES string of the molecule is Cc1cccc(NC(=O)CNC(=O)C[NH+]2C[C@H](C)C[C@H](C)C2)c1C. The molecule has 24 heavy (non-hydrogen) atoms. The van der Waals surface area contributed by atoms with Crippen molar-refractivity contribution < 1.29 is 14.5 Å². The number of carbonyl (C=O) groups is 2. The monoisotopic (exact) mass is 332 g/mol. The maximum absolute atomic E-state index is 12.1. The van der Waals surface area contributed by atoms with Gasteiger partial charge in [-0.15, -0.1) is 0 Å². The van der Waals surface area contributed by atoms with Gasteiger partial charge in [0.25, 0.3) is 5.91 Å². The predicted octanol–water partition coefficient (Wildman–Crippen LogP) is 0.919. The lowest BCUT2D eigenvalue weighted by Crippen LogP contribution is -3.15. The molecule has 1 saturated heterocycles. The van der Waals surface area contributed by atoms with Gasteiger partial charge in [0.15, 0.2) is 6.54 Å². The van der Waals surface area contributed by atoms with E-state index in [0.717, 1.165) is 29.9 Å². The lowest BCUT2D eigenvalue weighted by Gasteiger charge is -2.31. The molecule has 5 nitrogen and oxygen atoms in total. The van der Waals surface area contributed by atoms with Crippen molar-refractivity contribution in [3.05, 3.63) is 29.3 Å². The fraction of sp³-hybridized carbons (Fsp3) is 0.579. The van der Waals surface area contributed by atoms with Gasteiger partial charge in [0.2, 0.25) is 5.91 Å². The predicted molar refractivity (Wildman–Crippen MR) is 96.1 cm³/mol. The zero-order valence-corrected chi connectivity index (χ0v) is 15.2. The molecule has 2 amide bonds. The van der Waals surface area contributed by atoms with Gasteiger partial charge in [0, 0.05) is 17.5 Å². The molecular weight excluding hydrogens is 302 g/mol. The summed E-state index contributed by atoms with van der Waals surface area (Å²) in [5, 5.41) is 5.61. The van der Waals surface area contributed by atoms with Crippen molar-refractivity contribution in [1.82, 2.24) is 5.32 Å². The minimum absolute atomic E-state index is 0.0185. The van der Waals surface area contributed by atoms with Crippen LogP contribution in [0.3, 0.4) is 0 Å². The molecule has 0 radical (unpaired) electrons. The molecule has 1 aromatic carbocycles. The molecule has 1 aromatic rings. The van der Waals surface area contributed by atoms with E-state index in [4.69, 9.17) is 0 Å². The number of amides is 2. The van der Waals surface area contributed by atoms with Crippen LogP contribution >= 0.6 is 0 Å². The van der Waals surface area contributed by atoms with Crippen LogP contribution < -0.4 is 15.5 Å². The molecule has 0 bridgehead atoms. The summed E-state index contributed by atoms with van der Waals surface area (Å²) >= 11 is 0. The van der Waals surface area contributed by atoms with Crippen LogP contribution in [0.5, 0.6) is 0 Å². The lowest BCUT2D eigenvalue weighted by atomic mass is 9.92. The highest BCUT2D eigenvalue weighted by Crippen LogP contribution is 2.17. The fourth-order valence-corrected chi connectivity index (χ4v) is 3.62. The highest BCUT2D eigenvalue weighted by Gasteiger charge is 2.26. The summed E-state index contributed by atoms with van der Waals surface area (Å²) in [4.78, 5) is 25.4. The molecule has 5 heteroatoms. The molecule has 2 rings (SSSR count). The first-order chi connectivity index (χ1) is 11.3. The van der Waals surface area contributed by atoms with E-state index in [2.05, 4.69) is 24.5 Å². The average Bonchev–Trinajstić information content (AvgIpc) is 2.49. The van der Waals surface area contributed by atoms with Gasteiger partial charge in [-0.1, -0.05) is 26.0 Å². The Labute approximate surface area is 144 Å². The Kier molecular flexibility index (Phi) is 6.37. The standard InChI is InChI=1S/C19H29N3O2/c1-13-8-14(2)11-22(10-13)12-19(24)20-9-18(23)21-17-7-5-6-15(3)16(17)4/h5-7,13-14H,8-12H2,1-4H3,(H,20,24)(H,21,23)/p+1/t13-,14+. The molecule has 1 aliphatic heterocycles. The summed E-state index contributed by atoms with van der Waals surface area (Å²) in [7, 11) is 0. The van der Waals surface area contributed by atoms with Crippen LogP contribution in [-0.2, 0) is 9.59 Å². The van der Waals surface area contributed by atoms with Crippen LogP contribution in [0.15, 0.2) is 18.2 Å². The van der Waals surface area contributed by atoms with Crippen LogP contribution in [0.4, 0.5) is 5.69 Å². The Balaban J connectivity index is 1.77. The van der Waals surface area contributed by atoms with Crippen molar-refractivity contribution >= 4 is 17.5 Å². The summed E-state index contributed by atoms with van der Waals surface area (Å²) in [6.45, 7) is 11.0. The zero-order valence-electron chi connectivity index (χ0n) is 15.2. The van der Waals surface area contributed by atoms with Crippen molar-refractivity contribution in [2.75, 3.05) is 31.5 Å². The van der Waals surface area contributed by atoms with Crippen LogP contribution in [0.25, 0.3) is 0 Å². The molecule has 0 spiro atoms. The number of nitrogens with one attached hydrogen (secondary N) is 3. The van der Waals surface area contributed by atoms with E-state index in [1.807, 2.05) is 32.0 Å². The molecule has 0 aromatic heterocycles. The van der Waals surface area contributed by atoms with Gasteiger partial charge in [-0.3, -0.25) is 9.59 Å². The number of aryl methyl sites for hydroxylation is 1. The van der Waals surface area contributed by atoms with Crippen molar-refractivity contribution in [2.24, 2.45) is 11.8 Å². The number of hydrogen-bond donors (Lipinski definition) is 3. The Bertz CT molecular complexity index is 590. The Morgan fingerprint density at radius 1 is 1.12 bits per heavy atom. The summed E-state index contributed by atoms with van der Waals surface area (Å²) < 4.78 is 0. The first kappa shape index (κ1) is 18.5. The summed E-state index contributed by atoms with van der Waals surface area (Å²) in [5.41, 5.74) is 2.99. The summed E-state index contributed by atoms with van der Waals surface area (Å²) in [6.07, 6.45) is 1.24. The van der Waals surface area contributed by atoms with Gasteiger partial charge in [0.05, 0.1) is 19.6 Å². The third-order valence-corrected chi connectivity index (χ3v) is 4.81. The quantitative estimate of drug-likeness (QED) is 0.751. The second-order valence-electron chi connectivity index (χ2n) is 7.35. The first-order valence-corrected chi connectivity index (χ1v) is 8.81. The van der Waals surface area contributed by atoms with Crippen molar-refractivity contribution in [2.45, 2.75) is 34.1 Å². The number of benzene rings is 1. The largest absolute Gasteiger partial charge is 0.342 e. The van der Waals surface area contributed by atoms with E-state index in [-0.39, 0.29) is 18.4 Å². The molecule has 0 saturated carbocycles.